The quantitative estimate of drug-likeness (QED) is 0.639. The van der Waals surface area contributed by atoms with Crippen molar-refractivity contribution in [1.82, 2.24) is 4.98 Å². The molecule has 0 fully saturated rings. The van der Waals surface area contributed by atoms with Crippen LogP contribution in [-0.4, -0.2) is 16.0 Å². The van der Waals surface area contributed by atoms with E-state index in [9.17, 15) is 4.39 Å². The van der Waals surface area contributed by atoms with Gasteiger partial charge in [-0.2, -0.15) is 5.26 Å². The fourth-order valence-corrected chi connectivity index (χ4v) is 2.00. The highest BCUT2D eigenvalue weighted by molar-refractivity contribution is 7.99. The predicted octanol–water partition coefficient (Wildman–Crippen LogP) is 2.29. The molecule has 0 aliphatic heterocycles. The van der Waals surface area contributed by atoms with Gasteiger partial charge in [0, 0.05) is 17.0 Å². The van der Waals surface area contributed by atoms with Crippen molar-refractivity contribution in [3.8, 4) is 6.07 Å². The van der Waals surface area contributed by atoms with Crippen molar-refractivity contribution in [3.63, 3.8) is 0 Å². The maximum absolute atomic E-state index is 13.0. The minimum absolute atomic E-state index is 0.144. The number of benzene rings is 1. The average molecular weight is 234 g/mol. The Labute approximate surface area is 95.5 Å². The summed E-state index contributed by atoms with van der Waals surface area (Å²) in [5.74, 6) is -0.505. The summed E-state index contributed by atoms with van der Waals surface area (Å²) in [7, 11) is 0. The van der Waals surface area contributed by atoms with Gasteiger partial charge in [-0.3, -0.25) is 0 Å². The molecule has 1 heterocycles. The number of hydrogen-bond donors (Lipinski definition) is 1. The van der Waals surface area contributed by atoms with Crippen LogP contribution in [-0.2, 0) is 0 Å². The second-order valence-electron chi connectivity index (χ2n) is 3.06. The first-order valence-electron chi connectivity index (χ1n) is 4.48. The molecule has 0 aliphatic carbocycles. The molecule has 2 aromatic rings. The van der Waals surface area contributed by atoms with Crippen LogP contribution in [0.15, 0.2) is 29.4 Å². The minimum Gasteiger partial charge on any atom is -0.385 e. The van der Waals surface area contributed by atoms with Gasteiger partial charge in [-0.25, -0.2) is 9.37 Å². The summed E-state index contributed by atoms with van der Waals surface area (Å²) in [6.07, 6.45) is 1.50. The fraction of sp³-hybridized carbons (Fsp3) is 0.0909. The van der Waals surface area contributed by atoms with E-state index in [2.05, 4.69) is 4.98 Å². The Hall–Kier alpha value is -1.64. The number of nitrogens with zero attached hydrogens (tertiary/aromatic N) is 2. The molecular formula is C11H7FN2OS. The van der Waals surface area contributed by atoms with Crippen LogP contribution in [0.25, 0.3) is 10.8 Å². The molecule has 0 amide bonds. The van der Waals surface area contributed by atoms with Gasteiger partial charge in [0.05, 0.1) is 11.5 Å². The maximum atomic E-state index is 13.0. The van der Waals surface area contributed by atoms with Gasteiger partial charge in [-0.15, -0.1) is 0 Å². The standard InChI is InChI=1S/C11H7FN2OS/c12-8-1-2-9-7(3-8)5-14-11(16-6-15)10(9)4-13/h1-3,5,15H,6H2. The van der Waals surface area contributed by atoms with Crippen LogP contribution in [0, 0.1) is 17.1 Å². The molecule has 1 aromatic carbocycles. The van der Waals surface area contributed by atoms with Gasteiger partial charge in [-0.1, -0.05) is 11.8 Å². The van der Waals surface area contributed by atoms with E-state index in [1.165, 1.54) is 18.3 Å². The smallest absolute Gasteiger partial charge is 0.123 e. The first-order chi connectivity index (χ1) is 7.76. The Morgan fingerprint density at radius 3 is 3.00 bits per heavy atom. The lowest BCUT2D eigenvalue weighted by molar-refractivity contribution is 0.375. The molecule has 0 atom stereocenters. The molecule has 0 saturated carbocycles. The van der Waals surface area contributed by atoms with E-state index in [0.29, 0.717) is 21.4 Å². The number of aromatic nitrogens is 1. The van der Waals surface area contributed by atoms with E-state index in [-0.39, 0.29) is 11.8 Å². The summed E-state index contributed by atoms with van der Waals surface area (Å²) in [5, 5.41) is 19.5. The third kappa shape index (κ3) is 1.85. The van der Waals surface area contributed by atoms with E-state index in [1.807, 2.05) is 6.07 Å². The van der Waals surface area contributed by atoms with E-state index in [1.54, 1.807) is 6.07 Å². The zero-order chi connectivity index (χ0) is 11.5. The number of nitriles is 1. The van der Waals surface area contributed by atoms with Crippen LogP contribution in [0.1, 0.15) is 5.56 Å². The van der Waals surface area contributed by atoms with Crippen molar-refractivity contribution in [1.29, 1.82) is 5.26 Å². The van der Waals surface area contributed by atoms with Gasteiger partial charge in [0.25, 0.3) is 0 Å². The number of pyridine rings is 1. The highest BCUT2D eigenvalue weighted by atomic mass is 32.2. The number of thioether (sulfide) groups is 1. The van der Waals surface area contributed by atoms with Crippen LogP contribution in [0.5, 0.6) is 0 Å². The van der Waals surface area contributed by atoms with E-state index in [0.717, 1.165) is 11.8 Å². The molecule has 0 bridgehead atoms. The Kier molecular flexibility index (Phi) is 3.04. The second-order valence-corrected chi connectivity index (χ2v) is 3.99. The van der Waals surface area contributed by atoms with Crippen molar-refractivity contribution >= 4 is 22.5 Å². The summed E-state index contributed by atoms with van der Waals surface area (Å²) in [6.45, 7) is 0. The zero-order valence-corrected chi connectivity index (χ0v) is 8.96. The lowest BCUT2D eigenvalue weighted by Gasteiger charge is -2.04. The Morgan fingerprint density at radius 2 is 2.31 bits per heavy atom. The fourth-order valence-electron chi connectivity index (χ4n) is 1.45. The largest absolute Gasteiger partial charge is 0.385 e. The van der Waals surface area contributed by atoms with E-state index < -0.39 is 0 Å². The molecule has 0 spiro atoms. The normalized spacial score (nSPS) is 10.3. The van der Waals surface area contributed by atoms with Crippen molar-refractivity contribution in [2.45, 2.75) is 5.03 Å². The SMILES string of the molecule is N#Cc1c(SCO)ncc2cc(F)ccc12. The molecule has 0 unspecified atom stereocenters. The topological polar surface area (TPSA) is 56.9 Å². The molecule has 1 N–H and O–H groups in total. The number of halogens is 1. The number of aliphatic hydroxyl groups is 1. The van der Waals surface area contributed by atoms with Crippen LogP contribution in [0.4, 0.5) is 4.39 Å². The van der Waals surface area contributed by atoms with Gasteiger partial charge in [0.1, 0.15) is 16.9 Å². The van der Waals surface area contributed by atoms with Crippen LogP contribution in [0.3, 0.4) is 0 Å². The molecule has 3 nitrogen and oxygen atoms in total. The van der Waals surface area contributed by atoms with Crippen molar-refractivity contribution < 1.29 is 9.50 Å². The summed E-state index contributed by atoms with van der Waals surface area (Å²) in [4.78, 5) is 4.02. The van der Waals surface area contributed by atoms with Gasteiger partial charge >= 0.3 is 0 Å². The maximum Gasteiger partial charge on any atom is 0.123 e. The van der Waals surface area contributed by atoms with Gasteiger partial charge < -0.3 is 5.11 Å². The first-order valence-corrected chi connectivity index (χ1v) is 5.47. The molecule has 0 radical (unpaired) electrons. The van der Waals surface area contributed by atoms with Crippen molar-refractivity contribution in [2.24, 2.45) is 0 Å². The van der Waals surface area contributed by atoms with Crippen LogP contribution < -0.4 is 0 Å². The van der Waals surface area contributed by atoms with Crippen molar-refractivity contribution in [2.75, 3.05) is 5.94 Å². The lowest BCUT2D eigenvalue weighted by atomic mass is 10.1. The van der Waals surface area contributed by atoms with E-state index in [4.69, 9.17) is 10.4 Å². The number of fused-ring (bicyclic) bond motifs is 1. The zero-order valence-electron chi connectivity index (χ0n) is 8.14. The third-order valence-electron chi connectivity index (χ3n) is 2.13. The minimum atomic E-state index is -0.360. The summed E-state index contributed by atoms with van der Waals surface area (Å²) in [6, 6.07) is 6.21. The lowest BCUT2D eigenvalue weighted by Crippen LogP contribution is -1.90. The molecule has 2 rings (SSSR count). The van der Waals surface area contributed by atoms with Gasteiger partial charge in [0.2, 0.25) is 0 Å². The molecular weight excluding hydrogens is 227 g/mol. The molecule has 1 aromatic heterocycles. The highest BCUT2D eigenvalue weighted by Crippen LogP contribution is 2.26. The van der Waals surface area contributed by atoms with Crippen LogP contribution in [0.2, 0.25) is 0 Å². The Bertz CT molecular complexity index is 580. The summed E-state index contributed by atoms with van der Waals surface area (Å²) < 4.78 is 13.0. The average Bonchev–Trinajstić information content (AvgIpc) is 2.29. The van der Waals surface area contributed by atoms with E-state index >= 15 is 0 Å². The van der Waals surface area contributed by atoms with Gasteiger partial charge in [0.15, 0.2) is 0 Å². The molecule has 5 heteroatoms. The molecule has 0 aliphatic rings. The molecule has 16 heavy (non-hydrogen) atoms. The number of hydrogen-bond acceptors (Lipinski definition) is 4. The monoisotopic (exact) mass is 234 g/mol. The summed E-state index contributed by atoms with van der Waals surface area (Å²) >= 11 is 1.07. The summed E-state index contributed by atoms with van der Waals surface area (Å²) in [5.41, 5.74) is 0.372. The van der Waals surface area contributed by atoms with Crippen LogP contribution >= 0.6 is 11.8 Å². The Balaban J connectivity index is 2.72. The molecule has 0 saturated heterocycles. The highest BCUT2D eigenvalue weighted by Gasteiger charge is 2.09. The third-order valence-corrected chi connectivity index (χ3v) is 2.84. The van der Waals surface area contributed by atoms with Crippen molar-refractivity contribution in [3.05, 3.63) is 35.8 Å². The molecule has 80 valence electrons. The predicted molar refractivity (Wildman–Crippen MR) is 59.4 cm³/mol. The number of aliphatic hydroxyl groups excluding tert-OH is 1. The first kappa shape index (κ1) is 10.9. The van der Waals surface area contributed by atoms with Gasteiger partial charge in [-0.05, 0) is 18.2 Å². The number of rotatable bonds is 2. The second kappa shape index (κ2) is 4.47. The Morgan fingerprint density at radius 1 is 1.50 bits per heavy atom.